The average Bonchev–Trinajstić information content (AvgIpc) is 2.87. The van der Waals surface area contributed by atoms with Crippen molar-refractivity contribution in [3.05, 3.63) is 139 Å². The fraction of sp³-hybridized carbons (Fsp3) is 0. The van der Waals surface area contributed by atoms with E-state index in [4.69, 9.17) is 2.74 Å². The third-order valence-electron chi connectivity index (χ3n) is 5.35. The summed E-state index contributed by atoms with van der Waals surface area (Å²) in [4.78, 5) is 2.20. The summed E-state index contributed by atoms with van der Waals surface area (Å²) in [5.74, 6) is 0. The highest BCUT2D eigenvalue weighted by Gasteiger charge is 2.12. The summed E-state index contributed by atoms with van der Waals surface area (Å²) >= 11 is 0. The van der Waals surface area contributed by atoms with Gasteiger partial charge in [-0.2, -0.15) is 0 Å². The molecule has 0 atom stereocenters. The molecule has 0 saturated heterocycles. The number of hydrogen-bond acceptors (Lipinski definition) is 1. The smallest absolute Gasteiger partial charge is 0.0623 e. The van der Waals surface area contributed by atoms with E-state index in [2.05, 4.69) is 65.6 Å². The van der Waals surface area contributed by atoms with Crippen LogP contribution in [0.1, 0.15) is 2.74 Å². The Labute approximate surface area is 186 Å². The van der Waals surface area contributed by atoms with Gasteiger partial charge in [-0.1, -0.05) is 97.0 Å². The van der Waals surface area contributed by atoms with Gasteiger partial charge in [0.05, 0.1) is 2.74 Å². The molecule has 1 heteroatoms. The van der Waals surface area contributed by atoms with Crippen molar-refractivity contribution in [2.45, 2.75) is 0 Å². The Morgan fingerprint density at radius 1 is 0.387 bits per heavy atom. The van der Waals surface area contributed by atoms with Gasteiger partial charge in [0.2, 0.25) is 0 Å². The average molecular weight is 402 g/mol. The molecule has 5 aromatic carbocycles. The first-order valence-corrected chi connectivity index (χ1v) is 10.4. The maximum Gasteiger partial charge on any atom is 0.0623 e. The van der Waals surface area contributed by atoms with E-state index in [0.717, 1.165) is 39.3 Å². The minimum Gasteiger partial charge on any atom is -0.311 e. The van der Waals surface area contributed by atoms with Gasteiger partial charge < -0.3 is 4.90 Å². The lowest BCUT2D eigenvalue weighted by Gasteiger charge is -2.25. The largest absolute Gasteiger partial charge is 0.311 e. The molecular weight excluding hydrogens is 374 g/mol. The van der Waals surface area contributed by atoms with Crippen molar-refractivity contribution in [3.8, 4) is 22.3 Å². The molecule has 0 unspecified atom stereocenters. The number of anilines is 3. The first kappa shape index (κ1) is 16.7. The van der Waals surface area contributed by atoms with E-state index in [1.54, 1.807) is 0 Å². The highest BCUT2D eigenvalue weighted by atomic mass is 15.1. The van der Waals surface area contributed by atoms with Crippen molar-refractivity contribution in [3.63, 3.8) is 0 Å². The first-order chi connectivity index (χ1) is 16.2. The van der Waals surface area contributed by atoms with Gasteiger partial charge in [-0.05, 0) is 64.7 Å². The molecule has 0 aliphatic carbocycles. The monoisotopic (exact) mass is 401 g/mol. The SMILES string of the molecule is [3H]c1ccc(-c2cccc(-c3ccc(N(c4ccccc4)c4ccc([3H])cc4)cc3)c2)cc1. The van der Waals surface area contributed by atoms with Crippen LogP contribution >= 0.6 is 0 Å². The van der Waals surface area contributed by atoms with Gasteiger partial charge in [0, 0.05) is 17.1 Å². The van der Waals surface area contributed by atoms with Gasteiger partial charge in [0.25, 0.3) is 0 Å². The third kappa shape index (κ3) is 4.12. The first-order valence-electron chi connectivity index (χ1n) is 11.4. The third-order valence-corrected chi connectivity index (χ3v) is 5.35. The van der Waals surface area contributed by atoms with E-state index >= 15 is 0 Å². The van der Waals surface area contributed by atoms with Gasteiger partial charge >= 0.3 is 0 Å². The molecule has 0 aromatic heterocycles. The highest BCUT2D eigenvalue weighted by molar-refractivity contribution is 5.79. The Bertz CT molecular complexity index is 1340. The van der Waals surface area contributed by atoms with E-state index in [1.165, 1.54) is 0 Å². The Morgan fingerprint density at radius 2 is 0.839 bits per heavy atom. The lowest BCUT2D eigenvalue weighted by atomic mass is 9.99. The van der Waals surface area contributed by atoms with Crippen LogP contribution in [0.15, 0.2) is 139 Å². The molecule has 0 bridgehead atoms. The van der Waals surface area contributed by atoms with Gasteiger partial charge in [-0.3, -0.25) is 0 Å². The fourth-order valence-electron chi connectivity index (χ4n) is 3.81. The predicted octanol–water partition coefficient (Wildman–Crippen LogP) is 8.49. The molecular formula is C30H23N. The highest BCUT2D eigenvalue weighted by Crippen LogP contribution is 2.35. The molecule has 0 heterocycles. The molecule has 0 N–H and O–H groups in total. The summed E-state index contributed by atoms with van der Waals surface area (Å²) in [6.45, 7) is 0. The molecule has 1 nitrogen and oxygen atoms in total. The second-order valence-electron chi connectivity index (χ2n) is 7.35. The lowest BCUT2D eigenvalue weighted by molar-refractivity contribution is 1.28. The summed E-state index contributed by atoms with van der Waals surface area (Å²) in [5, 5.41) is 0. The van der Waals surface area contributed by atoms with Crippen LogP contribution in [0.3, 0.4) is 0 Å². The lowest BCUT2D eigenvalue weighted by Crippen LogP contribution is -2.09. The maximum atomic E-state index is 7.83. The van der Waals surface area contributed by atoms with Crippen LogP contribution in [0.5, 0.6) is 0 Å². The van der Waals surface area contributed by atoms with Crippen LogP contribution in [0.4, 0.5) is 17.1 Å². The Kier molecular flexibility index (Phi) is 4.69. The van der Waals surface area contributed by atoms with Crippen molar-refractivity contribution in [1.82, 2.24) is 0 Å². The molecule has 148 valence electrons. The molecule has 0 spiro atoms. The number of para-hydroxylation sites is 2. The minimum absolute atomic E-state index is 0.499. The van der Waals surface area contributed by atoms with E-state index in [-0.39, 0.29) is 0 Å². The number of hydrogen-bond donors (Lipinski definition) is 0. The van der Waals surface area contributed by atoms with Crippen LogP contribution in [-0.2, 0) is 0 Å². The summed E-state index contributed by atoms with van der Waals surface area (Å²) < 4.78 is 15.5. The van der Waals surface area contributed by atoms with Gasteiger partial charge in [0.1, 0.15) is 0 Å². The van der Waals surface area contributed by atoms with Crippen molar-refractivity contribution in [1.29, 1.82) is 0 Å². The molecule has 0 aliphatic rings. The molecule has 0 radical (unpaired) electrons. The van der Waals surface area contributed by atoms with Gasteiger partial charge in [-0.15, -0.1) is 0 Å². The van der Waals surface area contributed by atoms with Crippen LogP contribution in [0.2, 0.25) is 0 Å². The van der Waals surface area contributed by atoms with Crippen LogP contribution in [-0.4, -0.2) is 0 Å². The molecule has 0 amide bonds. The van der Waals surface area contributed by atoms with E-state index in [1.807, 2.05) is 66.7 Å². The maximum absolute atomic E-state index is 7.83. The van der Waals surface area contributed by atoms with Crippen molar-refractivity contribution >= 4 is 17.1 Å². The van der Waals surface area contributed by atoms with Crippen molar-refractivity contribution in [2.24, 2.45) is 0 Å². The van der Waals surface area contributed by atoms with Gasteiger partial charge in [-0.25, -0.2) is 0 Å². The summed E-state index contributed by atoms with van der Waals surface area (Å²) in [6.07, 6.45) is 0. The molecule has 31 heavy (non-hydrogen) atoms. The van der Waals surface area contributed by atoms with Crippen molar-refractivity contribution < 1.29 is 2.74 Å². The second-order valence-corrected chi connectivity index (χ2v) is 7.35. The normalized spacial score (nSPS) is 11.5. The van der Waals surface area contributed by atoms with E-state index < -0.39 is 0 Å². The Morgan fingerprint density at radius 3 is 1.45 bits per heavy atom. The molecule has 5 aromatic rings. The molecule has 0 aliphatic heterocycles. The number of rotatable bonds is 5. The number of nitrogens with zero attached hydrogens (tertiary/aromatic N) is 1. The Hall–Kier alpha value is -4.10. The van der Waals surface area contributed by atoms with Crippen LogP contribution < -0.4 is 4.90 Å². The van der Waals surface area contributed by atoms with E-state index in [0.29, 0.717) is 12.1 Å². The second kappa shape index (κ2) is 8.73. The topological polar surface area (TPSA) is 3.24 Å². The minimum atomic E-state index is 0.499. The van der Waals surface area contributed by atoms with E-state index in [9.17, 15) is 0 Å². The zero-order valence-electron chi connectivity index (χ0n) is 19.1. The quantitative estimate of drug-likeness (QED) is 0.285. The van der Waals surface area contributed by atoms with Crippen LogP contribution in [0, 0.1) is 0 Å². The molecule has 5 rings (SSSR count). The zero-order valence-corrected chi connectivity index (χ0v) is 17.1. The summed E-state index contributed by atoms with van der Waals surface area (Å²) in [5.41, 5.74) is 7.69. The Balaban J connectivity index is 1.50. The molecule has 0 saturated carbocycles. The number of benzene rings is 5. The predicted molar refractivity (Wildman–Crippen MR) is 132 cm³/mol. The molecule has 0 fully saturated rings. The zero-order chi connectivity index (χ0) is 22.6. The standard InChI is InChI=1S/C30H23N/c1-4-11-24(12-5-1)26-13-10-14-27(23-26)25-19-21-30(22-20-25)31(28-15-6-2-7-16-28)29-17-8-3-9-18-29/h1-23H/i1T,2T. The fourth-order valence-corrected chi connectivity index (χ4v) is 3.81. The van der Waals surface area contributed by atoms with Gasteiger partial charge in [0.15, 0.2) is 0 Å². The van der Waals surface area contributed by atoms with Crippen molar-refractivity contribution in [2.75, 3.05) is 4.90 Å². The summed E-state index contributed by atoms with van der Waals surface area (Å²) in [6, 6.07) is 43.6. The summed E-state index contributed by atoms with van der Waals surface area (Å²) in [7, 11) is 0. The van der Waals surface area contributed by atoms with Crippen LogP contribution in [0.25, 0.3) is 22.3 Å².